The highest BCUT2D eigenvalue weighted by atomic mass is 16.2. The molecule has 3 N–H and O–H groups in total. The summed E-state index contributed by atoms with van der Waals surface area (Å²) in [5, 5.41) is 4.18. The number of nitrogens with one attached hydrogen (secondary N) is 3. The average Bonchev–Trinajstić information content (AvgIpc) is 2.66. The molecule has 1 aliphatic rings. The molecule has 1 aromatic carbocycles. The third-order valence-electron chi connectivity index (χ3n) is 5.54. The normalized spacial score (nSPS) is 15.1. The van der Waals surface area contributed by atoms with Gasteiger partial charge < -0.3 is 20.1 Å². The highest BCUT2D eigenvalue weighted by Gasteiger charge is 2.21. The van der Waals surface area contributed by atoms with Gasteiger partial charge in [-0.3, -0.25) is 4.79 Å². The SMILES string of the molecule is Cc1ccc2cc(CN(CC[NH+](C)C)C(=O)NC3CCCCC3)c(=O)[nH]c2c1. The summed E-state index contributed by atoms with van der Waals surface area (Å²) in [6, 6.07) is 8.14. The van der Waals surface area contributed by atoms with E-state index in [9.17, 15) is 9.59 Å². The minimum Gasteiger partial charge on any atom is -0.338 e. The van der Waals surface area contributed by atoms with Gasteiger partial charge in [-0.2, -0.15) is 0 Å². The molecule has 0 spiro atoms. The van der Waals surface area contributed by atoms with Crippen molar-refractivity contribution in [3.8, 4) is 0 Å². The second-order valence-corrected chi connectivity index (χ2v) is 8.38. The van der Waals surface area contributed by atoms with Crippen LogP contribution in [0.4, 0.5) is 4.79 Å². The van der Waals surface area contributed by atoms with Crippen LogP contribution in [0.15, 0.2) is 29.1 Å². The molecule has 1 aliphatic carbocycles. The third-order valence-corrected chi connectivity index (χ3v) is 5.54. The van der Waals surface area contributed by atoms with E-state index in [1.165, 1.54) is 24.2 Å². The first-order valence-electron chi connectivity index (χ1n) is 10.4. The van der Waals surface area contributed by atoms with Gasteiger partial charge in [0.1, 0.15) is 0 Å². The lowest BCUT2D eigenvalue weighted by Gasteiger charge is -2.28. The van der Waals surface area contributed by atoms with Crippen LogP contribution < -0.4 is 15.8 Å². The number of nitrogens with zero attached hydrogens (tertiary/aromatic N) is 1. The number of amides is 2. The number of hydrogen-bond acceptors (Lipinski definition) is 2. The molecule has 1 heterocycles. The highest BCUT2D eigenvalue weighted by Crippen LogP contribution is 2.18. The zero-order valence-corrected chi connectivity index (χ0v) is 17.3. The Morgan fingerprint density at radius 3 is 2.68 bits per heavy atom. The Kier molecular flexibility index (Phi) is 6.73. The molecule has 6 nitrogen and oxygen atoms in total. The molecular weight excluding hydrogens is 352 g/mol. The topological polar surface area (TPSA) is 69.6 Å². The maximum absolute atomic E-state index is 12.9. The number of aromatic amines is 1. The fraction of sp³-hybridized carbons (Fsp3) is 0.545. The highest BCUT2D eigenvalue weighted by molar-refractivity contribution is 5.80. The van der Waals surface area contributed by atoms with E-state index in [-0.39, 0.29) is 17.6 Å². The van der Waals surface area contributed by atoms with Crippen LogP contribution in [0.5, 0.6) is 0 Å². The van der Waals surface area contributed by atoms with Gasteiger partial charge in [-0.15, -0.1) is 0 Å². The Bertz CT molecular complexity index is 868. The average molecular weight is 386 g/mol. The van der Waals surface area contributed by atoms with E-state index < -0.39 is 0 Å². The summed E-state index contributed by atoms with van der Waals surface area (Å²) in [5.74, 6) is 0. The lowest BCUT2D eigenvalue weighted by molar-refractivity contribution is -0.857. The van der Waals surface area contributed by atoms with Crippen molar-refractivity contribution in [2.24, 2.45) is 0 Å². The van der Waals surface area contributed by atoms with E-state index in [0.717, 1.165) is 35.9 Å². The fourth-order valence-corrected chi connectivity index (χ4v) is 3.81. The predicted octanol–water partition coefficient (Wildman–Crippen LogP) is 1.83. The van der Waals surface area contributed by atoms with Gasteiger partial charge in [0.15, 0.2) is 0 Å². The fourth-order valence-electron chi connectivity index (χ4n) is 3.81. The molecular formula is C22H33N4O2+. The van der Waals surface area contributed by atoms with Crippen molar-refractivity contribution >= 4 is 16.9 Å². The number of benzene rings is 1. The Morgan fingerprint density at radius 2 is 1.96 bits per heavy atom. The van der Waals surface area contributed by atoms with Crippen molar-refractivity contribution < 1.29 is 9.69 Å². The molecule has 28 heavy (non-hydrogen) atoms. The second-order valence-electron chi connectivity index (χ2n) is 8.38. The number of pyridine rings is 1. The summed E-state index contributed by atoms with van der Waals surface area (Å²) in [6.45, 7) is 3.78. The number of aryl methyl sites for hydroxylation is 1. The van der Waals surface area contributed by atoms with Gasteiger partial charge in [0, 0.05) is 17.1 Å². The molecule has 2 aromatic rings. The standard InChI is InChI=1S/C22H32N4O2/c1-16-9-10-17-14-18(21(27)24-20(17)13-16)15-26(12-11-25(2)3)22(28)23-19-7-5-4-6-8-19/h9-10,13-14,19H,4-8,11-12,15H2,1-3H3,(H,23,28)(H,24,27)/p+1. The molecule has 152 valence electrons. The van der Waals surface area contributed by atoms with Gasteiger partial charge >= 0.3 is 6.03 Å². The van der Waals surface area contributed by atoms with Gasteiger partial charge in [0.05, 0.1) is 33.7 Å². The number of carbonyl (C=O) groups excluding carboxylic acids is 1. The maximum atomic E-state index is 12.9. The summed E-state index contributed by atoms with van der Waals surface area (Å²) in [4.78, 5) is 31.6. The molecule has 0 bridgehead atoms. The summed E-state index contributed by atoms with van der Waals surface area (Å²) >= 11 is 0. The Labute approximate surface area is 166 Å². The van der Waals surface area contributed by atoms with Crippen LogP contribution in [0.3, 0.4) is 0 Å². The van der Waals surface area contributed by atoms with Crippen LogP contribution in [0, 0.1) is 6.92 Å². The first kappa shape index (κ1) is 20.4. The molecule has 0 saturated heterocycles. The number of carbonyl (C=O) groups is 1. The van der Waals surface area contributed by atoms with Crippen LogP contribution in [0.25, 0.3) is 10.9 Å². The third kappa shape index (κ3) is 5.35. The lowest BCUT2D eigenvalue weighted by Crippen LogP contribution is -3.06. The molecule has 2 amide bonds. The van der Waals surface area contributed by atoms with Crippen LogP contribution in [0.2, 0.25) is 0 Å². The van der Waals surface area contributed by atoms with Gasteiger partial charge in [-0.25, -0.2) is 4.79 Å². The van der Waals surface area contributed by atoms with E-state index in [1.807, 2.05) is 31.2 Å². The number of H-pyrrole nitrogens is 1. The van der Waals surface area contributed by atoms with Crippen molar-refractivity contribution in [2.75, 3.05) is 27.2 Å². The number of quaternary nitrogens is 1. The lowest BCUT2D eigenvalue weighted by atomic mass is 9.96. The first-order valence-corrected chi connectivity index (χ1v) is 10.4. The van der Waals surface area contributed by atoms with Gasteiger partial charge in [0.2, 0.25) is 0 Å². The van der Waals surface area contributed by atoms with Gasteiger partial charge in [-0.05, 0) is 42.8 Å². The van der Waals surface area contributed by atoms with E-state index in [4.69, 9.17) is 0 Å². The van der Waals surface area contributed by atoms with Crippen LogP contribution in [0.1, 0.15) is 43.2 Å². The van der Waals surface area contributed by atoms with E-state index >= 15 is 0 Å². The largest absolute Gasteiger partial charge is 0.338 e. The Balaban J connectivity index is 1.78. The van der Waals surface area contributed by atoms with Crippen molar-refractivity contribution in [3.05, 3.63) is 45.7 Å². The molecule has 0 unspecified atom stereocenters. The van der Waals surface area contributed by atoms with E-state index in [0.29, 0.717) is 18.7 Å². The minimum atomic E-state index is -0.120. The van der Waals surface area contributed by atoms with Crippen molar-refractivity contribution in [1.29, 1.82) is 0 Å². The first-order chi connectivity index (χ1) is 13.4. The number of fused-ring (bicyclic) bond motifs is 1. The summed E-state index contributed by atoms with van der Waals surface area (Å²) in [5.41, 5.74) is 2.46. The van der Waals surface area contributed by atoms with Gasteiger partial charge in [-0.1, -0.05) is 31.4 Å². The minimum absolute atomic E-state index is 0.0587. The van der Waals surface area contributed by atoms with E-state index in [2.05, 4.69) is 24.4 Å². The maximum Gasteiger partial charge on any atom is 0.318 e. The number of likely N-dealkylation sites (N-methyl/N-ethyl adjacent to an activating group) is 1. The molecule has 0 atom stereocenters. The van der Waals surface area contributed by atoms with Crippen molar-refractivity contribution in [1.82, 2.24) is 15.2 Å². The summed E-state index contributed by atoms with van der Waals surface area (Å²) in [7, 11) is 4.14. The smallest absolute Gasteiger partial charge is 0.318 e. The number of aromatic nitrogens is 1. The molecule has 0 radical (unpaired) electrons. The second kappa shape index (κ2) is 9.24. The zero-order valence-electron chi connectivity index (χ0n) is 17.3. The van der Waals surface area contributed by atoms with Crippen molar-refractivity contribution in [2.45, 2.75) is 51.6 Å². The van der Waals surface area contributed by atoms with Crippen LogP contribution >= 0.6 is 0 Å². The van der Waals surface area contributed by atoms with Gasteiger partial charge in [0.25, 0.3) is 5.56 Å². The molecule has 3 rings (SSSR count). The van der Waals surface area contributed by atoms with Crippen LogP contribution in [-0.4, -0.2) is 49.1 Å². The molecule has 6 heteroatoms. The molecule has 0 aliphatic heterocycles. The Morgan fingerprint density at radius 1 is 1.21 bits per heavy atom. The van der Waals surface area contributed by atoms with Crippen molar-refractivity contribution in [3.63, 3.8) is 0 Å². The predicted molar refractivity (Wildman–Crippen MR) is 113 cm³/mol. The zero-order chi connectivity index (χ0) is 20.1. The summed E-state index contributed by atoms with van der Waals surface area (Å²) < 4.78 is 0. The number of rotatable bonds is 6. The number of hydrogen-bond donors (Lipinski definition) is 3. The summed E-state index contributed by atoms with van der Waals surface area (Å²) in [6.07, 6.45) is 5.71. The Hall–Kier alpha value is -2.34. The number of urea groups is 1. The molecule has 1 aromatic heterocycles. The molecule has 1 fully saturated rings. The quantitative estimate of drug-likeness (QED) is 0.710. The van der Waals surface area contributed by atoms with Crippen LogP contribution in [-0.2, 0) is 6.54 Å². The molecule has 1 saturated carbocycles. The monoisotopic (exact) mass is 385 g/mol. The van der Waals surface area contributed by atoms with E-state index in [1.54, 1.807) is 4.90 Å².